The van der Waals surface area contributed by atoms with Crippen molar-refractivity contribution in [2.75, 3.05) is 11.9 Å². The fourth-order valence-corrected chi connectivity index (χ4v) is 1.60. The van der Waals surface area contributed by atoms with Gasteiger partial charge in [0.05, 0.1) is 23.2 Å². The molecule has 0 aromatic heterocycles. The van der Waals surface area contributed by atoms with Gasteiger partial charge in [0.1, 0.15) is 11.6 Å². The van der Waals surface area contributed by atoms with E-state index in [-0.39, 0.29) is 29.6 Å². The fourth-order valence-electron chi connectivity index (χ4n) is 1.28. The Morgan fingerprint density at radius 1 is 1.26 bits per heavy atom. The maximum atomic E-state index is 13.4. The second-order valence-electron chi connectivity index (χ2n) is 3.60. The molecule has 0 saturated carbocycles. The zero-order valence-corrected chi connectivity index (χ0v) is 11.7. The smallest absolute Gasteiger partial charge is 0.306 e. The molecule has 0 spiro atoms. The summed E-state index contributed by atoms with van der Waals surface area (Å²) in [6, 6.07) is 1.78. The quantitative estimate of drug-likeness (QED) is 0.664. The number of anilines is 1. The van der Waals surface area contributed by atoms with Crippen molar-refractivity contribution in [2.45, 2.75) is 19.8 Å². The Hall–Kier alpha value is -1.50. The van der Waals surface area contributed by atoms with E-state index in [2.05, 4.69) is 26.0 Å². The topological polar surface area (TPSA) is 55.4 Å². The van der Waals surface area contributed by atoms with Gasteiger partial charge in [-0.15, -0.1) is 0 Å². The van der Waals surface area contributed by atoms with Crippen LogP contribution >= 0.6 is 15.9 Å². The number of amides is 1. The third-order valence-electron chi connectivity index (χ3n) is 2.15. The van der Waals surface area contributed by atoms with E-state index in [1.807, 2.05) is 0 Å². The van der Waals surface area contributed by atoms with Crippen LogP contribution in [0.1, 0.15) is 19.8 Å². The molecule has 0 radical (unpaired) electrons. The Kier molecular flexibility index (Phi) is 5.88. The van der Waals surface area contributed by atoms with Gasteiger partial charge in [0.25, 0.3) is 0 Å². The van der Waals surface area contributed by atoms with Crippen molar-refractivity contribution >= 4 is 33.5 Å². The molecule has 0 atom stereocenters. The molecule has 0 fully saturated rings. The summed E-state index contributed by atoms with van der Waals surface area (Å²) in [5.74, 6) is -2.56. The van der Waals surface area contributed by atoms with Gasteiger partial charge >= 0.3 is 5.97 Å². The monoisotopic (exact) mass is 335 g/mol. The highest BCUT2D eigenvalue weighted by atomic mass is 79.9. The molecule has 4 nitrogen and oxygen atoms in total. The van der Waals surface area contributed by atoms with Crippen LogP contribution in [0.15, 0.2) is 16.6 Å². The molecular weight excluding hydrogens is 324 g/mol. The van der Waals surface area contributed by atoms with Gasteiger partial charge in [0.15, 0.2) is 0 Å². The molecule has 0 bridgehead atoms. The summed E-state index contributed by atoms with van der Waals surface area (Å²) in [5.41, 5.74) is -0.269. The van der Waals surface area contributed by atoms with Gasteiger partial charge in [-0.1, -0.05) is 0 Å². The van der Waals surface area contributed by atoms with Gasteiger partial charge in [0, 0.05) is 12.5 Å². The summed E-state index contributed by atoms with van der Waals surface area (Å²) in [6.45, 7) is 1.88. The highest BCUT2D eigenvalue weighted by molar-refractivity contribution is 9.10. The number of halogens is 3. The Morgan fingerprint density at radius 2 is 1.95 bits per heavy atom. The van der Waals surface area contributed by atoms with Crippen LogP contribution in [0.5, 0.6) is 0 Å². The molecule has 0 aliphatic carbocycles. The maximum Gasteiger partial charge on any atom is 0.306 e. The SMILES string of the molecule is CCOC(=O)CCC(=O)Nc1cc(F)c(Br)cc1F. The molecule has 7 heteroatoms. The number of carbonyl (C=O) groups excluding carboxylic acids is 2. The number of benzene rings is 1. The van der Waals surface area contributed by atoms with E-state index in [4.69, 9.17) is 0 Å². The first kappa shape index (κ1) is 15.6. The predicted molar refractivity (Wildman–Crippen MR) is 68.6 cm³/mol. The summed E-state index contributed by atoms with van der Waals surface area (Å²) in [4.78, 5) is 22.5. The van der Waals surface area contributed by atoms with Crippen LogP contribution in [0.3, 0.4) is 0 Å². The maximum absolute atomic E-state index is 13.4. The number of esters is 1. The minimum atomic E-state index is -0.766. The lowest BCUT2D eigenvalue weighted by Gasteiger charge is -2.07. The van der Waals surface area contributed by atoms with Crippen LogP contribution in [0.2, 0.25) is 0 Å². The van der Waals surface area contributed by atoms with Crippen LogP contribution in [0.4, 0.5) is 14.5 Å². The lowest BCUT2D eigenvalue weighted by molar-refractivity contribution is -0.144. The molecule has 0 saturated heterocycles. The molecule has 1 N–H and O–H groups in total. The van der Waals surface area contributed by atoms with E-state index >= 15 is 0 Å². The minimum absolute atomic E-state index is 0.0328. The Bertz CT molecular complexity index is 494. The number of ether oxygens (including phenoxy) is 1. The first-order valence-electron chi connectivity index (χ1n) is 5.54. The Morgan fingerprint density at radius 3 is 2.58 bits per heavy atom. The van der Waals surface area contributed by atoms with E-state index in [9.17, 15) is 18.4 Å². The molecule has 0 unspecified atom stereocenters. The van der Waals surface area contributed by atoms with E-state index in [1.54, 1.807) is 6.92 Å². The molecule has 1 amide bonds. The summed E-state index contributed by atoms with van der Waals surface area (Å²) < 4.78 is 31.2. The summed E-state index contributed by atoms with van der Waals surface area (Å²) in [7, 11) is 0. The third-order valence-corrected chi connectivity index (χ3v) is 2.75. The number of rotatable bonds is 5. The Labute approximate surface area is 117 Å². The molecule has 19 heavy (non-hydrogen) atoms. The van der Waals surface area contributed by atoms with Crippen LogP contribution in [-0.2, 0) is 14.3 Å². The largest absolute Gasteiger partial charge is 0.466 e. The Balaban J connectivity index is 2.58. The lowest BCUT2D eigenvalue weighted by atomic mass is 10.2. The van der Waals surface area contributed by atoms with Crippen LogP contribution in [0, 0.1) is 11.6 Å². The van der Waals surface area contributed by atoms with Gasteiger partial charge in [-0.2, -0.15) is 0 Å². The van der Waals surface area contributed by atoms with Crippen molar-refractivity contribution in [3.05, 3.63) is 28.2 Å². The van der Waals surface area contributed by atoms with Gasteiger partial charge in [0.2, 0.25) is 5.91 Å². The average Bonchev–Trinajstić information content (AvgIpc) is 2.34. The molecular formula is C12H12BrF2NO3. The standard InChI is InChI=1S/C12H12BrF2NO3/c1-2-19-12(18)4-3-11(17)16-10-6-8(14)7(13)5-9(10)15/h5-6H,2-4H2,1H3,(H,16,17). The van der Waals surface area contributed by atoms with Gasteiger partial charge in [-0.3, -0.25) is 9.59 Å². The zero-order valence-electron chi connectivity index (χ0n) is 10.1. The summed E-state index contributed by atoms with van der Waals surface area (Å²) >= 11 is 2.82. The second-order valence-corrected chi connectivity index (χ2v) is 4.45. The van der Waals surface area contributed by atoms with Crippen LogP contribution < -0.4 is 5.32 Å². The van der Waals surface area contributed by atoms with Crippen LogP contribution in [0.25, 0.3) is 0 Å². The van der Waals surface area contributed by atoms with Gasteiger partial charge in [-0.05, 0) is 28.9 Å². The van der Waals surface area contributed by atoms with Crippen molar-refractivity contribution in [2.24, 2.45) is 0 Å². The van der Waals surface area contributed by atoms with Crippen LogP contribution in [-0.4, -0.2) is 18.5 Å². The highest BCUT2D eigenvalue weighted by Crippen LogP contribution is 2.23. The normalized spacial score (nSPS) is 10.1. The first-order valence-corrected chi connectivity index (χ1v) is 6.33. The van der Waals surface area contributed by atoms with Crippen molar-refractivity contribution in [1.29, 1.82) is 0 Å². The van der Waals surface area contributed by atoms with Gasteiger partial charge < -0.3 is 10.1 Å². The summed E-state index contributed by atoms with van der Waals surface area (Å²) in [5, 5.41) is 2.19. The van der Waals surface area contributed by atoms with E-state index in [1.165, 1.54) is 0 Å². The summed E-state index contributed by atoms with van der Waals surface area (Å²) in [6.07, 6.45) is -0.268. The van der Waals surface area contributed by atoms with Crippen molar-refractivity contribution in [1.82, 2.24) is 0 Å². The number of hydrogen-bond donors (Lipinski definition) is 1. The average molecular weight is 336 g/mol. The minimum Gasteiger partial charge on any atom is -0.466 e. The highest BCUT2D eigenvalue weighted by Gasteiger charge is 2.12. The van der Waals surface area contributed by atoms with E-state index in [0.717, 1.165) is 12.1 Å². The lowest BCUT2D eigenvalue weighted by Crippen LogP contribution is -2.15. The molecule has 104 valence electrons. The molecule has 0 aliphatic rings. The third kappa shape index (κ3) is 4.94. The van der Waals surface area contributed by atoms with E-state index < -0.39 is 23.5 Å². The van der Waals surface area contributed by atoms with Crippen molar-refractivity contribution in [3.63, 3.8) is 0 Å². The van der Waals surface area contributed by atoms with Crippen molar-refractivity contribution in [3.8, 4) is 0 Å². The number of nitrogens with one attached hydrogen (secondary N) is 1. The van der Waals surface area contributed by atoms with Crippen molar-refractivity contribution < 1.29 is 23.1 Å². The van der Waals surface area contributed by atoms with E-state index in [0.29, 0.717) is 0 Å². The first-order chi connectivity index (χ1) is 8.93. The second kappa shape index (κ2) is 7.18. The molecule has 0 aliphatic heterocycles. The molecule has 0 heterocycles. The fraction of sp³-hybridized carbons (Fsp3) is 0.333. The number of carbonyl (C=O) groups is 2. The predicted octanol–water partition coefficient (Wildman–Crippen LogP) is 3.01. The zero-order chi connectivity index (χ0) is 14.4. The number of hydrogen-bond acceptors (Lipinski definition) is 3. The molecule has 1 aromatic rings. The van der Waals surface area contributed by atoms with Gasteiger partial charge in [-0.25, -0.2) is 8.78 Å². The molecule has 1 rings (SSSR count). The molecule has 1 aromatic carbocycles.